The summed E-state index contributed by atoms with van der Waals surface area (Å²) in [4.78, 5) is 78.5. The van der Waals surface area contributed by atoms with Gasteiger partial charge in [-0.05, 0) is 49.9 Å². The van der Waals surface area contributed by atoms with Crippen LogP contribution >= 0.6 is 0 Å². The Hall–Kier alpha value is -3.18. The Balaban J connectivity index is 2.19. The number of hydrogen-bond donors (Lipinski definition) is 4. The Morgan fingerprint density at radius 3 is 1.88 bits per heavy atom. The average molecular weight is 580 g/mol. The topological polar surface area (TPSA) is 177 Å². The van der Waals surface area contributed by atoms with Crippen molar-refractivity contribution in [2.45, 2.75) is 124 Å². The molecule has 4 atom stereocenters. The molecule has 12 nitrogen and oxygen atoms in total. The molecule has 2 fully saturated rings. The van der Waals surface area contributed by atoms with Crippen molar-refractivity contribution >= 4 is 35.5 Å². The molecule has 5 N–H and O–H groups in total. The standard InChI is InChI=1S/C29H49N5O7/c1-16(2)41-26(39)22(29(6,7)8)33-27(40)32-21(28(3,4)5)25(38)34-14-10-13-19(34)24(37)31-18(20(35)23(30)36)15-17-11-9-12-17/h16-19,21-22H,9-15H2,1-8H3,(H2,30,36)(H,31,37)(H2,32,33,40)/t18?,19-,21?,22?/m0/s1. The molecule has 0 aromatic carbocycles. The number of carbonyl (C=O) groups is 6. The highest BCUT2D eigenvalue weighted by atomic mass is 16.5. The number of esters is 1. The van der Waals surface area contributed by atoms with Crippen LogP contribution in [0.15, 0.2) is 0 Å². The molecule has 2 aliphatic rings. The average Bonchev–Trinajstić information content (AvgIpc) is 3.29. The molecule has 0 aromatic heterocycles. The highest BCUT2D eigenvalue weighted by molar-refractivity contribution is 6.37. The van der Waals surface area contributed by atoms with E-state index in [1.54, 1.807) is 55.4 Å². The number of nitrogens with one attached hydrogen (secondary N) is 3. The first-order chi connectivity index (χ1) is 18.8. The summed E-state index contributed by atoms with van der Waals surface area (Å²) in [6, 6.07) is -4.63. The van der Waals surface area contributed by atoms with Crippen molar-refractivity contribution < 1.29 is 33.5 Å². The number of hydrogen-bond acceptors (Lipinski definition) is 7. The third-order valence-corrected chi connectivity index (χ3v) is 7.63. The minimum atomic E-state index is -1.11. The monoisotopic (exact) mass is 579 g/mol. The molecular weight excluding hydrogens is 530 g/mol. The molecule has 1 saturated carbocycles. The van der Waals surface area contributed by atoms with E-state index in [4.69, 9.17) is 10.5 Å². The van der Waals surface area contributed by atoms with Gasteiger partial charge in [-0.25, -0.2) is 9.59 Å². The molecular formula is C29H49N5O7. The Labute approximate surface area is 243 Å². The van der Waals surface area contributed by atoms with E-state index in [9.17, 15) is 28.8 Å². The second-order valence-corrected chi connectivity index (χ2v) is 13.7. The van der Waals surface area contributed by atoms with Gasteiger partial charge in [-0.2, -0.15) is 0 Å². The molecule has 41 heavy (non-hydrogen) atoms. The maximum atomic E-state index is 13.8. The van der Waals surface area contributed by atoms with Crippen LogP contribution in [0.2, 0.25) is 0 Å². The zero-order valence-corrected chi connectivity index (χ0v) is 25.8. The molecule has 3 unspecified atom stereocenters. The van der Waals surface area contributed by atoms with Crippen LogP contribution in [-0.4, -0.2) is 77.2 Å². The largest absolute Gasteiger partial charge is 0.461 e. The van der Waals surface area contributed by atoms with Crippen molar-refractivity contribution in [2.24, 2.45) is 22.5 Å². The number of rotatable bonds is 11. The van der Waals surface area contributed by atoms with Gasteiger partial charge in [-0.15, -0.1) is 0 Å². The third kappa shape index (κ3) is 9.43. The van der Waals surface area contributed by atoms with Crippen LogP contribution in [0.25, 0.3) is 0 Å². The van der Waals surface area contributed by atoms with Crippen LogP contribution in [0.5, 0.6) is 0 Å². The molecule has 0 spiro atoms. The summed E-state index contributed by atoms with van der Waals surface area (Å²) in [6.45, 7) is 14.5. The molecule has 1 saturated heterocycles. The summed E-state index contributed by atoms with van der Waals surface area (Å²) in [7, 11) is 0. The van der Waals surface area contributed by atoms with E-state index in [0.29, 0.717) is 19.3 Å². The molecule has 1 aliphatic carbocycles. The molecule has 0 bridgehead atoms. The lowest BCUT2D eigenvalue weighted by atomic mass is 9.80. The highest BCUT2D eigenvalue weighted by Gasteiger charge is 2.44. The van der Waals surface area contributed by atoms with E-state index in [1.807, 2.05) is 0 Å². The van der Waals surface area contributed by atoms with Crippen molar-refractivity contribution in [1.82, 2.24) is 20.9 Å². The van der Waals surface area contributed by atoms with Crippen LogP contribution in [0.4, 0.5) is 4.79 Å². The van der Waals surface area contributed by atoms with Gasteiger partial charge in [0.1, 0.15) is 18.1 Å². The lowest BCUT2D eigenvalue weighted by Crippen LogP contribution is -2.62. The molecule has 232 valence electrons. The number of urea groups is 1. The SMILES string of the molecule is CC(C)OC(=O)C(NC(=O)NC(C(=O)N1CCC[C@H]1C(=O)NC(CC1CCC1)C(=O)C(N)=O)C(C)(C)C)C(C)(C)C. The summed E-state index contributed by atoms with van der Waals surface area (Å²) in [6.07, 6.45) is 3.74. The van der Waals surface area contributed by atoms with Crippen molar-refractivity contribution in [3.63, 3.8) is 0 Å². The smallest absolute Gasteiger partial charge is 0.329 e. The number of carbonyl (C=O) groups excluding carboxylic acids is 6. The number of nitrogens with two attached hydrogens (primary N) is 1. The number of nitrogens with zero attached hydrogens (tertiary/aromatic N) is 1. The van der Waals surface area contributed by atoms with Gasteiger partial charge < -0.3 is 31.3 Å². The zero-order valence-electron chi connectivity index (χ0n) is 25.8. The summed E-state index contributed by atoms with van der Waals surface area (Å²) >= 11 is 0. The minimum absolute atomic E-state index is 0.229. The van der Waals surface area contributed by atoms with Crippen LogP contribution < -0.4 is 21.7 Å². The molecule has 5 amide bonds. The van der Waals surface area contributed by atoms with Gasteiger partial charge >= 0.3 is 12.0 Å². The number of amides is 5. The Bertz CT molecular complexity index is 1010. The van der Waals surface area contributed by atoms with Crippen LogP contribution in [0.3, 0.4) is 0 Å². The number of primary amides is 1. The summed E-state index contributed by atoms with van der Waals surface area (Å²) < 4.78 is 5.33. The maximum absolute atomic E-state index is 13.8. The molecule has 12 heteroatoms. The first kappa shape index (κ1) is 34.0. The quantitative estimate of drug-likeness (QED) is 0.213. The van der Waals surface area contributed by atoms with Gasteiger partial charge in [0.05, 0.1) is 12.1 Å². The van der Waals surface area contributed by atoms with E-state index >= 15 is 0 Å². The first-order valence-electron chi connectivity index (χ1n) is 14.5. The molecule has 0 radical (unpaired) electrons. The van der Waals surface area contributed by atoms with E-state index in [0.717, 1.165) is 19.3 Å². The fourth-order valence-corrected chi connectivity index (χ4v) is 5.08. The minimum Gasteiger partial charge on any atom is -0.461 e. The summed E-state index contributed by atoms with van der Waals surface area (Å²) in [5.41, 5.74) is 3.82. The van der Waals surface area contributed by atoms with Crippen molar-refractivity contribution in [3.05, 3.63) is 0 Å². The van der Waals surface area contributed by atoms with Gasteiger partial charge in [-0.1, -0.05) is 60.8 Å². The second kappa shape index (κ2) is 13.7. The first-order valence-corrected chi connectivity index (χ1v) is 14.5. The zero-order chi connectivity index (χ0) is 31.3. The normalized spacial score (nSPS) is 19.9. The fraction of sp³-hybridized carbons (Fsp3) is 0.793. The van der Waals surface area contributed by atoms with E-state index in [2.05, 4.69) is 16.0 Å². The van der Waals surface area contributed by atoms with Crippen LogP contribution in [0.1, 0.15) is 93.9 Å². The van der Waals surface area contributed by atoms with E-state index in [-0.39, 0.29) is 18.6 Å². The summed E-state index contributed by atoms with van der Waals surface area (Å²) in [5, 5.41) is 8.07. The Kier molecular flexibility index (Phi) is 11.3. The van der Waals surface area contributed by atoms with Crippen molar-refractivity contribution in [2.75, 3.05) is 6.54 Å². The number of ketones is 1. The molecule has 1 aliphatic heterocycles. The number of ether oxygens (including phenoxy) is 1. The predicted octanol–water partition coefficient (Wildman–Crippen LogP) is 1.79. The number of Topliss-reactive ketones (excluding diaryl/α,β-unsaturated/α-hetero) is 1. The molecule has 0 aromatic rings. The lowest BCUT2D eigenvalue weighted by Gasteiger charge is -2.37. The van der Waals surface area contributed by atoms with Crippen molar-refractivity contribution in [1.29, 1.82) is 0 Å². The fourth-order valence-electron chi connectivity index (χ4n) is 5.08. The van der Waals surface area contributed by atoms with Crippen LogP contribution in [0, 0.1) is 16.7 Å². The van der Waals surface area contributed by atoms with Gasteiger partial charge in [0, 0.05) is 6.54 Å². The van der Waals surface area contributed by atoms with E-state index < -0.39 is 70.5 Å². The second-order valence-electron chi connectivity index (χ2n) is 13.7. The van der Waals surface area contributed by atoms with Gasteiger partial charge in [0.25, 0.3) is 5.91 Å². The van der Waals surface area contributed by atoms with E-state index in [1.165, 1.54) is 4.90 Å². The van der Waals surface area contributed by atoms with Gasteiger partial charge in [0.2, 0.25) is 17.6 Å². The van der Waals surface area contributed by atoms with Crippen molar-refractivity contribution in [3.8, 4) is 0 Å². The lowest BCUT2D eigenvalue weighted by molar-refractivity contribution is -0.152. The Morgan fingerprint density at radius 1 is 0.854 bits per heavy atom. The highest BCUT2D eigenvalue weighted by Crippen LogP contribution is 2.31. The predicted molar refractivity (Wildman–Crippen MR) is 152 cm³/mol. The molecule has 1 heterocycles. The number of likely N-dealkylation sites (tertiary alicyclic amines) is 1. The van der Waals surface area contributed by atoms with Gasteiger partial charge in [-0.3, -0.25) is 19.2 Å². The Morgan fingerprint density at radius 2 is 1.41 bits per heavy atom. The summed E-state index contributed by atoms with van der Waals surface area (Å²) in [5.74, 6) is -3.30. The molecule has 2 rings (SSSR count). The maximum Gasteiger partial charge on any atom is 0.329 e. The third-order valence-electron chi connectivity index (χ3n) is 7.63. The van der Waals surface area contributed by atoms with Gasteiger partial charge in [0.15, 0.2) is 0 Å². The van der Waals surface area contributed by atoms with Crippen LogP contribution in [-0.2, 0) is 28.7 Å².